The highest BCUT2D eigenvalue weighted by molar-refractivity contribution is 6.30. The van der Waals surface area contributed by atoms with Crippen LogP contribution in [0.3, 0.4) is 0 Å². The molecule has 1 aliphatic rings. The largest absolute Gasteiger partial charge is 0.371 e. The van der Waals surface area contributed by atoms with Crippen LogP contribution in [-0.2, 0) is 4.74 Å². The van der Waals surface area contributed by atoms with Crippen LogP contribution < -0.4 is 5.32 Å². The normalized spacial score (nSPS) is 27.6. The molecule has 0 unspecified atom stereocenters. The third-order valence-corrected chi connectivity index (χ3v) is 2.77. The quantitative estimate of drug-likeness (QED) is 0.770. The van der Waals surface area contributed by atoms with E-state index in [-0.39, 0.29) is 6.10 Å². The van der Waals surface area contributed by atoms with Gasteiger partial charge < -0.3 is 10.1 Å². The van der Waals surface area contributed by atoms with E-state index in [0.717, 1.165) is 18.2 Å². The van der Waals surface area contributed by atoms with Crippen molar-refractivity contribution < 1.29 is 4.74 Å². The molecule has 1 aromatic carbocycles. The molecular weight excluding hydrogens is 198 g/mol. The van der Waals surface area contributed by atoms with Crippen molar-refractivity contribution in [3.8, 4) is 0 Å². The highest BCUT2D eigenvalue weighted by atomic mass is 35.5. The molecule has 2 nitrogen and oxygen atoms in total. The maximum atomic E-state index is 5.83. The average molecular weight is 212 g/mol. The van der Waals surface area contributed by atoms with Crippen LogP contribution in [0.4, 0.5) is 0 Å². The lowest BCUT2D eigenvalue weighted by atomic mass is 10.0. The molecule has 0 bridgehead atoms. The summed E-state index contributed by atoms with van der Waals surface area (Å²) in [5, 5.41) is 4.16. The van der Waals surface area contributed by atoms with E-state index in [1.165, 1.54) is 5.56 Å². The predicted octanol–water partition coefficient (Wildman–Crippen LogP) is 2.39. The lowest BCUT2D eigenvalue weighted by Crippen LogP contribution is -2.41. The highest BCUT2D eigenvalue weighted by Gasteiger charge is 2.22. The third kappa shape index (κ3) is 2.08. The SMILES string of the molecule is C[C@H]1NCCO[C@@H]1c1ccc(Cl)cc1. The Morgan fingerprint density at radius 1 is 1.36 bits per heavy atom. The van der Waals surface area contributed by atoms with Crippen molar-refractivity contribution >= 4 is 11.6 Å². The fraction of sp³-hybridized carbons (Fsp3) is 0.455. The van der Waals surface area contributed by atoms with E-state index in [0.29, 0.717) is 6.04 Å². The van der Waals surface area contributed by atoms with Crippen LogP contribution in [0.2, 0.25) is 5.02 Å². The Hall–Kier alpha value is -0.570. The van der Waals surface area contributed by atoms with Gasteiger partial charge in [-0.1, -0.05) is 23.7 Å². The van der Waals surface area contributed by atoms with E-state index >= 15 is 0 Å². The molecule has 14 heavy (non-hydrogen) atoms. The Labute approximate surface area is 89.2 Å². The maximum Gasteiger partial charge on any atom is 0.0975 e. The zero-order valence-electron chi connectivity index (χ0n) is 8.16. The van der Waals surface area contributed by atoms with Crippen LogP contribution >= 0.6 is 11.6 Å². The first-order valence-electron chi connectivity index (χ1n) is 4.88. The van der Waals surface area contributed by atoms with Crippen LogP contribution in [-0.4, -0.2) is 19.2 Å². The number of halogens is 1. The molecule has 1 N–H and O–H groups in total. The number of rotatable bonds is 1. The molecule has 1 heterocycles. The molecular formula is C11H14ClNO. The van der Waals surface area contributed by atoms with Crippen LogP contribution in [0.1, 0.15) is 18.6 Å². The van der Waals surface area contributed by atoms with Gasteiger partial charge in [0.25, 0.3) is 0 Å². The number of nitrogens with one attached hydrogen (secondary N) is 1. The van der Waals surface area contributed by atoms with Crippen LogP contribution in [0.25, 0.3) is 0 Å². The summed E-state index contributed by atoms with van der Waals surface area (Å²) in [5.41, 5.74) is 1.19. The lowest BCUT2D eigenvalue weighted by Gasteiger charge is -2.30. The fourth-order valence-corrected chi connectivity index (χ4v) is 1.89. The Kier molecular flexibility index (Phi) is 3.06. The summed E-state index contributed by atoms with van der Waals surface area (Å²) in [6, 6.07) is 8.22. The third-order valence-electron chi connectivity index (χ3n) is 2.52. The second kappa shape index (κ2) is 4.30. The average Bonchev–Trinajstić information content (AvgIpc) is 2.20. The first-order chi connectivity index (χ1) is 6.77. The fourth-order valence-electron chi connectivity index (χ4n) is 1.76. The zero-order chi connectivity index (χ0) is 9.97. The van der Waals surface area contributed by atoms with Crippen molar-refractivity contribution in [2.75, 3.05) is 13.2 Å². The topological polar surface area (TPSA) is 21.3 Å². The van der Waals surface area contributed by atoms with E-state index in [2.05, 4.69) is 12.2 Å². The van der Waals surface area contributed by atoms with Gasteiger partial charge in [-0.25, -0.2) is 0 Å². The van der Waals surface area contributed by atoms with Gasteiger partial charge in [-0.2, -0.15) is 0 Å². The molecule has 0 radical (unpaired) electrons. The van der Waals surface area contributed by atoms with Gasteiger partial charge in [0, 0.05) is 17.6 Å². The Morgan fingerprint density at radius 2 is 2.07 bits per heavy atom. The van der Waals surface area contributed by atoms with Crippen molar-refractivity contribution in [2.45, 2.75) is 19.1 Å². The standard InChI is InChI=1S/C11H14ClNO/c1-8-11(14-7-6-13-8)9-2-4-10(12)5-3-9/h2-5,8,11,13H,6-7H2,1H3/t8-,11+/m1/s1. The molecule has 1 fully saturated rings. The number of morpholine rings is 1. The number of hydrogen-bond acceptors (Lipinski definition) is 2. The van der Waals surface area contributed by atoms with Crippen molar-refractivity contribution in [3.05, 3.63) is 34.9 Å². The molecule has 1 aliphatic heterocycles. The van der Waals surface area contributed by atoms with E-state index in [9.17, 15) is 0 Å². The van der Waals surface area contributed by atoms with Gasteiger partial charge in [0.15, 0.2) is 0 Å². The smallest absolute Gasteiger partial charge is 0.0975 e. The summed E-state index contributed by atoms with van der Waals surface area (Å²) in [6.07, 6.45) is 0.154. The van der Waals surface area contributed by atoms with Gasteiger partial charge >= 0.3 is 0 Å². The van der Waals surface area contributed by atoms with Gasteiger partial charge in [0.2, 0.25) is 0 Å². The van der Waals surface area contributed by atoms with Crippen LogP contribution in [0.5, 0.6) is 0 Å². The Bertz CT molecular complexity index is 299. The van der Waals surface area contributed by atoms with Gasteiger partial charge in [-0.05, 0) is 24.6 Å². The van der Waals surface area contributed by atoms with Crippen molar-refractivity contribution in [3.63, 3.8) is 0 Å². The van der Waals surface area contributed by atoms with Crippen molar-refractivity contribution in [1.82, 2.24) is 5.32 Å². The molecule has 1 aromatic rings. The molecule has 0 saturated carbocycles. The number of hydrogen-bond donors (Lipinski definition) is 1. The van der Waals surface area contributed by atoms with Crippen LogP contribution in [0, 0.1) is 0 Å². The monoisotopic (exact) mass is 211 g/mol. The van der Waals surface area contributed by atoms with E-state index in [1.54, 1.807) is 0 Å². The first-order valence-corrected chi connectivity index (χ1v) is 5.25. The summed E-state index contributed by atoms with van der Waals surface area (Å²) < 4.78 is 5.71. The van der Waals surface area contributed by atoms with Gasteiger partial charge in [-0.15, -0.1) is 0 Å². The second-order valence-electron chi connectivity index (χ2n) is 3.59. The molecule has 0 spiro atoms. The molecule has 0 aliphatic carbocycles. The Balaban J connectivity index is 2.16. The minimum absolute atomic E-state index is 0.154. The van der Waals surface area contributed by atoms with E-state index in [4.69, 9.17) is 16.3 Å². The maximum absolute atomic E-state index is 5.83. The van der Waals surface area contributed by atoms with Gasteiger partial charge in [-0.3, -0.25) is 0 Å². The Morgan fingerprint density at radius 3 is 2.71 bits per heavy atom. The van der Waals surface area contributed by atoms with Crippen molar-refractivity contribution in [1.29, 1.82) is 0 Å². The summed E-state index contributed by atoms with van der Waals surface area (Å²) in [5.74, 6) is 0. The summed E-state index contributed by atoms with van der Waals surface area (Å²) in [6.45, 7) is 3.85. The molecule has 1 saturated heterocycles. The summed E-state index contributed by atoms with van der Waals surface area (Å²) in [7, 11) is 0. The van der Waals surface area contributed by atoms with E-state index < -0.39 is 0 Å². The minimum atomic E-state index is 0.154. The van der Waals surface area contributed by atoms with Gasteiger partial charge in [0.1, 0.15) is 0 Å². The minimum Gasteiger partial charge on any atom is -0.371 e. The second-order valence-corrected chi connectivity index (χ2v) is 4.02. The number of benzene rings is 1. The highest BCUT2D eigenvalue weighted by Crippen LogP contribution is 2.24. The molecule has 0 aromatic heterocycles. The molecule has 0 amide bonds. The van der Waals surface area contributed by atoms with Crippen molar-refractivity contribution in [2.24, 2.45) is 0 Å². The molecule has 3 heteroatoms. The van der Waals surface area contributed by atoms with E-state index in [1.807, 2.05) is 24.3 Å². The molecule has 2 rings (SSSR count). The zero-order valence-corrected chi connectivity index (χ0v) is 8.92. The first kappa shape index (κ1) is 9.97. The lowest BCUT2D eigenvalue weighted by molar-refractivity contribution is -0.000220. The molecule has 2 atom stereocenters. The van der Waals surface area contributed by atoms with Crippen LogP contribution in [0.15, 0.2) is 24.3 Å². The van der Waals surface area contributed by atoms with Gasteiger partial charge in [0.05, 0.1) is 12.7 Å². The number of ether oxygens (including phenoxy) is 1. The summed E-state index contributed by atoms with van der Waals surface area (Å²) in [4.78, 5) is 0. The summed E-state index contributed by atoms with van der Waals surface area (Å²) >= 11 is 5.83. The predicted molar refractivity (Wildman–Crippen MR) is 57.6 cm³/mol. The molecule has 76 valence electrons.